The predicted molar refractivity (Wildman–Crippen MR) is 131 cm³/mol. The summed E-state index contributed by atoms with van der Waals surface area (Å²) in [5.41, 5.74) is 5.70. The molecule has 0 radical (unpaired) electrons. The molecular weight excluding hydrogens is 414 g/mol. The molecule has 0 spiro atoms. The van der Waals surface area contributed by atoms with Crippen molar-refractivity contribution in [2.75, 3.05) is 11.4 Å². The molecule has 1 aliphatic rings. The molecule has 5 rings (SSSR count). The Balaban J connectivity index is 1.57. The van der Waals surface area contributed by atoms with Gasteiger partial charge in [-0.05, 0) is 30.2 Å². The Hall–Kier alpha value is -4.19. The molecule has 0 saturated carbocycles. The molecule has 164 valence electrons. The van der Waals surface area contributed by atoms with E-state index in [-0.39, 0.29) is 11.6 Å². The summed E-state index contributed by atoms with van der Waals surface area (Å²) in [6, 6.07) is 22.7. The van der Waals surface area contributed by atoms with E-state index in [1.807, 2.05) is 47.4 Å². The predicted octanol–water partition coefficient (Wildman–Crippen LogP) is 5.90. The number of aromatic nitrogens is 1. The van der Waals surface area contributed by atoms with E-state index in [2.05, 4.69) is 29.8 Å². The first-order chi connectivity index (χ1) is 16.1. The molecule has 1 amide bonds. The van der Waals surface area contributed by atoms with Crippen LogP contribution in [0.2, 0.25) is 0 Å². The summed E-state index contributed by atoms with van der Waals surface area (Å²) in [6.07, 6.45) is 4.94. The fourth-order valence-electron chi connectivity index (χ4n) is 4.49. The van der Waals surface area contributed by atoms with Gasteiger partial charge in [0.15, 0.2) is 0 Å². The van der Waals surface area contributed by atoms with Gasteiger partial charge in [0.2, 0.25) is 0 Å². The highest BCUT2D eigenvalue weighted by molar-refractivity contribution is 6.36. The number of nitro groups is 1. The maximum absolute atomic E-state index is 13.3. The normalized spacial score (nSPS) is 14.3. The summed E-state index contributed by atoms with van der Waals surface area (Å²) in [6.45, 7) is 3.34. The zero-order chi connectivity index (χ0) is 22.9. The first-order valence-electron chi connectivity index (χ1n) is 11.0. The van der Waals surface area contributed by atoms with Gasteiger partial charge in [-0.25, -0.2) is 0 Å². The Bertz CT molecular complexity index is 1400. The lowest BCUT2D eigenvalue weighted by atomic mass is 10.0. The fourth-order valence-corrected chi connectivity index (χ4v) is 4.49. The highest BCUT2D eigenvalue weighted by atomic mass is 16.6. The SMILES string of the molecule is CCCN1C(=O)/C(=C\c2cn(Cc3ccc([N+](=O)[O-])cc3)c3ccccc23)c2ccccc21. The molecule has 4 aromatic rings. The van der Waals surface area contributed by atoms with Gasteiger partial charge in [0.25, 0.3) is 11.6 Å². The zero-order valence-electron chi connectivity index (χ0n) is 18.3. The Morgan fingerprint density at radius 2 is 1.70 bits per heavy atom. The smallest absolute Gasteiger partial charge is 0.269 e. The van der Waals surface area contributed by atoms with Crippen LogP contribution in [-0.2, 0) is 11.3 Å². The zero-order valence-corrected chi connectivity index (χ0v) is 18.3. The number of non-ortho nitro benzene ring substituents is 1. The number of anilines is 1. The lowest BCUT2D eigenvalue weighted by molar-refractivity contribution is -0.384. The third-order valence-electron chi connectivity index (χ3n) is 6.03. The van der Waals surface area contributed by atoms with Crippen LogP contribution >= 0.6 is 0 Å². The van der Waals surface area contributed by atoms with Crippen LogP contribution in [0.4, 0.5) is 11.4 Å². The number of para-hydroxylation sites is 2. The molecule has 0 aliphatic carbocycles. The van der Waals surface area contributed by atoms with Gasteiger partial charge in [0.1, 0.15) is 0 Å². The van der Waals surface area contributed by atoms with Crippen LogP contribution in [0, 0.1) is 10.1 Å². The first-order valence-corrected chi connectivity index (χ1v) is 11.0. The van der Waals surface area contributed by atoms with E-state index in [1.165, 1.54) is 12.1 Å². The number of nitrogens with zero attached hydrogens (tertiary/aromatic N) is 3. The van der Waals surface area contributed by atoms with Crippen LogP contribution in [0.1, 0.15) is 30.0 Å². The standard InChI is InChI=1S/C27H23N3O3/c1-2-15-29-26-10-6-4-8-23(26)24(27(29)31)16-20-18-28(25-9-5-3-7-22(20)25)17-19-11-13-21(14-12-19)30(32)33/h3-14,16,18H,2,15,17H2,1H3/b24-16-. The Labute approximate surface area is 191 Å². The lowest BCUT2D eigenvalue weighted by Gasteiger charge is -2.15. The van der Waals surface area contributed by atoms with Crippen LogP contribution in [-0.4, -0.2) is 21.9 Å². The number of hydrogen-bond acceptors (Lipinski definition) is 3. The third-order valence-corrected chi connectivity index (χ3v) is 6.03. The molecule has 6 heteroatoms. The van der Waals surface area contributed by atoms with Gasteiger partial charge in [-0.15, -0.1) is 0 Å². The average molecular weight is 437 g/mol. The number of carbonyl (C=O) groups is 1. The number of amides is 1. The van der Waals surface area contributed by atoms with Gasteiger partial charge in [0.05, 0.1) is 10.6 Å². The van der Waals surface area contributed by atoms with E-state index in [1.54, 1.807) is 12.1 Å². The van der Waals surface area contributed by atoms with Crippen molar-refractivity contribution in [3.05, 3.63) is 106 Å². The van der Waals surface area contributed by atoms with E-state index < -0.39 is 4.92 Å². The topological polar surface area (TPSA) is 68.4 Å². The van der Waals surface area contributed by atoms with Gasteiger partial charge in [0, 0.05) is 59.0 Å². The van der Waals surface area contributed by atoms with Gasteiger partial charge in [-0.3, -0.25) is 14.9 Å². The second kappa shape index (κ2) is 8.39. The van der Waals surface area contributed by atoms with Crippen LogP contribution < -0.4 is 4.90 Å². The fraction of sp³-hybridized carbons (Fsp3) is 0.148. The number of nitro benzene ring substituents is 1. The summed E-state index contributed by atoms with van der Waals surface area (Å²) in [5.74, 6) is 0.0326. The average Bonchev–Trinajstić information content (AvgIpc) is 3.30. The number of fused-ring (bicyclic) bond motifs is 2. The van der Waals surface area contributed by atoms with Crippen molar-refractivity contribution in [3.8, 4) is 0 Å². The molecule has 0 unspecified atom stereocenters. The van der Waals surface area contributed by atoms with Crippen LogP contribution in [0.3, 0.4) is 0 Å². The molecule has 2 heterocycles. The van der Waals surface area contributed by atoms with Crippen molar-refractivity contribution in [2.45, 2.75) is 19.9 Å². The third kappa shape index (κ3) is 3.69. The maximum atomic E-state index is 13.3. The minimum absolute atomic E-state index is 0.0326. The number of rotatable bonds is 6. The first kappa shape index (κ1) is 20.7. The minimum Gasteiger partial charge on any atom is -0.342 e. The molecule has 0 saturated heterocycles. The maximum Gasteiger partial charge on any atom is 0.269 e. The lowest BCUT2D eigenvalue weighted by Crippen LogP contribution is -2.26. The summed E-state index contributed by atoms with van der Waals surface area (Å²) >= 11 is 0. The quantitative estimate of drug-likeness (QED) is 0.214. The Morgan fingerprint density at radius 1 is 0.970 bits per heavy atom. The summed E-state index contributed by atoms with van der Waals surface area (Å²) in [4.78, 5) is 25.7. The van der Waals surface area contributed by atoms with E-state index in [4.69, 9.17) is 0 Å². The Kier molecular flexibility index (Phi) is 5.26. The van der Waals surface area contributed by atoms with Crippen molar-refractivity contribution < 1.29 is 9.72 Å². The molecule has 0 atom stereocenters. The van der Waals surface area contributed by atoms with Gasteiger partial charge in [-0.1, -0.05) is 55.5 Å². The highest BCUT2D eigenvalue weighted by Gasteiger charge is 2.31. The molecule has 0 bridgehead atoms. The molecule has 6 nitrogen and oxygen atoms in total. The molecule has 0 N–H and O–H groups in total. The van der Waals surface area contributed by atoms with E-state index >= 15 is 0 Å². The molecule has 1 aliphatic heterocycles. The van der Waals surface area contributed by atoms with E-state index in [0.717, 1.165) is 39.7 Å². The van der Waals surface area contributed by atoms with E-state index in [9.17, 15) is 14.9 Å². The van der Waals surface area contributed by atoms with Crippen molar-refractivity contribution in [2.24, 2.45) is 0 Å². The van der Waals surface area contributed by atoms with Gasteiger partial charge < -0.3 is 9.47 Å². The monoisotopic (exact) mass is 437 g/mol. The molecule has 0 fully saturated rings. The molecule has 3 aromatic carbocycles. The molecule has 1 aromatic heterocycles. The van der Waals surface area contributed by atoms with Crippen molar-refractivity contribution in [3.63, 3.8) is 0 Å². The van der Waals surface area contributed by atoms with Crippen molar-refractivity contribution in [1.29, 1.82) is 0 Å². The summed E-state index contributed by atoms with van der Waals surface area (Å²) in [7, 11) is 0. The van der Waals surface area contributed by atoms with E-state index in [0.29, 0.717) is 18.7 Å². The van der Waals surface area contributed by atoms with Crippen molar-refractivity contribution >= 4 is 39.8 Å². The van der Waals surface area contributed by atoms with Crippen molar-refractivity contribution in [1.82, 2.24) is 4.57 Å². The van der Waals surface area contributed by atoms with Crippen LogP contribution in [0.5, 0.6) is 0 Å². The number of benzene rings is 3. The van der Waals surface area contributed by atoms with Crippen LogP contribution in [0.25, 0.3) is 22.6 Å². The number of carbonyl (C=O) groups excluding carboxylic acids is 1. The molecule has 33 heavy (non-hydrogen) atoms. The Morgan fingerprint density at radius 3 is 2.45 bits per heavy atom. The van der Waals surface area contributed by atoms with Crippen LogP contribution in [0.15, 0.2) is 79.0 Å². The number of hydrogen-bond donors (Lipinski definition) is 0. The second-order valence-electron chi connectivity index (χ2n) is 8.19. The van der Waals surface area contributed by atoms with Gasteiger partial charge in [-0.2, -0.15) is 0 Å². The summed E-state index contributed by atoms with van der Waals surface area (Å²) < 4.78 is 2.12. The largest absolute Gasteiger partial charge is 0.342 e. The minimum atomic E-state index is -0.391. The molecular formula is C27H23N3O3. The highest BCUT2D eigenvalue weighted by Crippen LogP contribution is 2.38. The van der Waals surface area contributed by atoms with Gasteiger partial charge >= 0.3 is 0 Å². The second-order valence-corrected chi connectivity index (χ2v) is 8.19. The summed E-state index contributed by atoms with van der Waals surface area (Å²) in [5, 5.41) is 12.0.